The van der Waals surface area contributed by atoms with Crippen molar-refractivity contribution in [3.05, 3.63) is 188 Å². The summed E-state index contributed by atoms with van der Waals surface area (Å²) in [6.45, 7) is 7.90. The molecule has 230 valence electrons. The van der Waals surface area contributed by atoms with E-state index in [1.165, 1.54) is 66.1 Å². The number of anilines is 3. The second-order valence-corrected chi connectivity index (χ2v) is 12.6. The fourth-order valence-electron chi connectivity index (χ4n) is 7.68. The predicted molar refractivity (Wildman–Crippen MR) is 212 cm³/mol. The smallest absolute Gasteiger partial charge is 0.0462 e. The highest BCUT2D eigenvalue weighted by molar-refractivity contribution is 6.27. The van der Waals surface area contributed by atoms with Crippen molar-refractivity contribution in [1.82, 2.24) is 0 Å². The van der Waals surface area contributed by atoms with Crippen molar-refractivity contribution in [3.8, 4) is 44.5 Å². The van der Waals surface area contributed by atoms with E-state index in [0.717, 1.165) is 28.2 Å². The molecular weight excluding hydrogens is 591 g/mol. The zero-order valence-corrected chi connectivity index (χ0v) is 27.1. The summed E-state index contributed by atoms with van der Waals surface area (Å²) in [7, 11) is 0. The molecule has 0 fully saturated rings. The molecule has 0 bridgehead atoms. The largest absolute Gasteiger partial charge is 0.311 e. The van der Waals surface area contributed by atoms with Gasteiger partial charge < -0.3 is 4.90 Å². The monoisotopic (exact) mass is 623 g/mol. The van der Waals surface area contributed by atoms with E-state index in [-0.39, 0.29) is 0 Å². The summed E-state index contributed by atoms with van der Waals surface area (Å²) in [5, 5.41) is 5.13. The standard InChI is InChI=1S/C48H33N/c1-3-32-20-26-37(27-21-32)49(38-28-22-33(4-2)23-29-38)39-30-24-36(25-31-39)46-41-17-9-8-16-40(41)45(35-12-6-5-7-13-35)47-42-18-10-14-34-15-11-19-43(44(34)42)48(46)47/h3-31H,1-2H2. The highest BCUT2D eigenvalue weighted by Crippen LogP contribution is 2.57. The Bertz CT molecular complexity index is 2480. The Kier molecular flexibility index (Phi) is 6.85. The Labute approximate surface area is 287 Å². The minimum Gasteiger partial charge on any atom is -0.311 e. The predicted octanol–water partition coefficient (Wildman–Crippen LogP) is 13.7. The van der Waals surface area contributed by atoms with E-state index in [0.29, 0.717) is 0 Å². The van der Waals surface area contributed by atoms with Gasteiger partial charge in [-0.25, -0.2) is 0 Å². The van der Waals surface area contributed by atoms with Crippen LogP contribution >= 0.6 is 0 Å². The van der Waals surface area contributed by atoms with E-state index in [9.17, 15) is 0 Å². The first-order valence-electron chi connectivity index (χ1n) is 16.8. The van der Waals surface area contributed by atoms with E-state index < -0.39 is 0 Å². The second kappa shape index (κ2) is 11.7. The number of fused-ring (bicyclic) bond motifs is 4. The third kappa shape index (κ3) is 4.63. The molecule has 0 unspecified atom stereocenters. The van der Waals surface area contributed by atoms with Crippen LogP contribution in [-0.4, -0.2) is 0 Å². The molecule has 1 aliphatic rings. The molecule has 1 nitrogen and oxygen atoms in total. The van der Waals surface area contributed by atoms with Gasteiger partial charge in [0.2, 0.25) is 0 Å². The van der Waals surface area contributed by atoms with Crippen molar-refractivity contribution in [2.75, 3.05) is 4.90 Å². The highest BCUT2D eigenvalue weighted by Gasteiger charge is 2.30. The minimum absolute atomic E-state index is 1.09. The van der Waals surface area contributed by atoms with E-state index in [1.807, 2.05) is 12.2 Å². The first kappa shape index (κ1) is 28.8. The van der Waals surface area contributed by atoms with Gasteiger partial charge in [0.15, 0.2) is 0 Å². The van der Waals surface area contributed by atoms with Gasteiger partial charge in [-0.2, -0.15) is 0 Å². The van der Waals surface area contributed by atoms with Crippen LogP contribution in [0.25, 0.3) is 78.2 Å². The average Bonchev–Trinajstić information content (AvgIpc) is 3.50. The Morgan fingerprint density at radius 3 is 1.27 bits per heavy atom. The number of rotatable bonds is 7. The van der Waals surface area contributed by atoms with Gasteiger partial charge in [0.05, 0.1) is 0 Å². The summed E-state index contributed by atoms with van der Waals surface area (Å²) in [6, 6.07) is 59.5. The molecular formula is C48H33N. The lowest BCUT2D eigenvalue weighted by Crippen LogP contribution is -2.09. The third-order valence-electron chi connectivity index (χ3n) is 9.91. The fourth-order valence-corrected chi connectivity index (χ4v) is 7.68. The van der Waals surface area contributed by atoms with Crippen molar-refractivity contribution in [1.29, 1.82) is 0 Å². The van der Waals surface area contributed by atoms with Crippen molar-refractivity contribution >= 4 is 50.8 Å². The molecule has 0 atom stereocenters. The van der Waals surface area contributed by atoms with Gasteiger partial charge in [-0.15, -0.1) is 0 Å². The summed E-state index contributed by atoms with van der Waals surface area (Å²) < 4.78 is 0. The molecule has 9 rings (SSSR count). The lowest BCUT2D eigenvalue weighted by Gasteiger charge is -2.26. The highest BCUT2D eigenvalue weighted by atomic mass is 15.1. The molecule has 8 aromatic carbocycles. The van der Waals surface area contributed by atoms with Crippen molar-refractivity contribution in [2.45, 2.75) is 0 Å². The molecule has 1 aliphatic carbocycles. The summed E-state index contributed by atoms with van der Waals surface area (Å²) in [6.07, 6.45) is 3.76. The number of benzene rings is 8. The molecule has 0 saturated carbocycles. The van der Waals surface area contributed by atoms with Crippen molar-refractivity contribution in [3.63, 3.8) is 0 Å². The molecule has 0 aromatic heterocycles. The van der Waals surface area contributed by atoms with E-state index in [2.05, 4.69) is 182 Å². The first-order valence-corrected chi connectivity index (χ1v) is 16.8. The summed E-state index contributed by atoms with van der Waals surface area (Å²) in [4.78, 5) is 2.31. The maximum absolute atomic E-state index is 3.95. The maximum Gasteiger partial charge on any atom is 0.0462 e. The van der Waals surface area contributed by atoms with Crippen LogP contribution < -0.4 is 4.90 Å². The van der Waals surface area contributed by atoms with Gasteiger partial charge in [0.25, 0.3) is 0 Å². The average molecular weight is 624 g/mol. The van der Waals surface area contributed by atoms with E-state index in [4.69, 9.17) is 0 Å². The molecule has 1 heteroatoms. The summed E-state index contributed by atoms with van der Waals surface area (Å²) >= 11 is 0. The fraction of sp³-hybridized carbons (Fsp3) is 0. The van der Waals surface area contributed by atoms with Gasteiger partial charge >= 0.3 is 0 Å². The summed E-state index contributed by atoms with van der Waals surface area (Å²) in [5.41, 5.74) is 15.7. The topological polar surface area (TPSA) is 3.24 Å². The Morgan fingerprint density at radius 2 is 0.796 bits per heavy atom. The molecule has 0 amide bonds. The number of hydrogen-bond donors (Lipinski definition) is 0. The van der Waals surface area contributed by atoms with E-state index >= 15 is 0 Å². The zero-order valence-electron chi connectivity index (χ0n) is 27.1. The molecule has 0 N–H and O–H groups in total. The van der Waals surface area contributed by atoms with Crippen LogP contribution in [0.2, 0.25) is 0 Å². The minimum atomic E-state index is 1.09. The second-order valence-electron chi connectivity index (χ2n) is 12.6. The van der Waals surface area contributed by atoms with Crippen LogP contribution in [0, 0.1) is 0 Å². The molecule has 0 radical (unpaired) electrons. The van der Waals surface area contributed by atoms with Crippen LogP contribution in [0.5, 0.6) is 0 Å². The lowest BCUT2D eigenvalue weighted by atomic mass is 9.82. The Balaban J connectivity index is 1.28. The van der Waals surface area contributed by atoms with Crippen LogP contribution in [0.4, 0.5) is 17.1 Å². The normalized spacial score (nSPS) is 11.4. The van der Waals surface area contributed by atoms with Crippen molar-refractivity contribution < 1.29 is 0 Å². The van der Waals surface area contributed by atoms with Gasteiger partial charge in [-0.1, -0.05) is 153 Å². The molecule has 8 aromatic rings. The molecule has 0 saturated heterocycles. The lowest BCUT2D eigenvalue weighted by molar-refractivity contribution is 1.28. The SMILES string of the molecule is C=Cc1ccc(N(c2ccc(C=C)cc2)c2ccc(-c3c4c(c(-c5ccccc5)c5ccccc35)-c3cccc5cccc-4c35)cc2)cc1. The molecule has 0 aliphatic heterocycles. The van der Waals surface area contributed by atoms with Gasteiger partial charge in [0, 0.05) is 17.1 Å². The van der Waals surface area contributed by atoms with Crippen LogP contribution in [0.15, 0.2) is 177 Å². The molecule has 49 heavy (non-hydrogen) atoms. The van der Waals surface area contributed by atoms with Crippen molar-refractivity contribution in [2.24, 2.45) is 0 Å². The number of nitrogens with zero attached hydrogens (tertiary/aromatic N) is 1. The van der Waals surface area contributed by atoms with Gasteiger partial charge in [-0.05, 0) is 114 Å². The van der Waals surface area contributed by atoms with Crippen LogP contribution in [0.3, 0.4) is 0 Å². The first-order chi connectivity index (χ1) is 24.2. The Hall–Kier alpha value is -6.44. The molecule has 0 spiro atoms. The van der Waals surface area contributed by atoms with E-state index in [1.54, 1.807) is 0 Å². The maximum atomic E-state index is 3.95. The quantitative estimate of drug-likeness (QED) is 0.171. The van der Waals surface area contributed by atoms with Gasteiger partial charge in [-0.3, -0.25) is 0 Å². The summed E-state index contributed by atoms with van der Waals surface area (Å²) in [5.74, 6) is 0. The number of hydrogen-bond acceptors (Lipinski definition) is 1. The molecule has 0 heterocycles. The zero-order chi connectivity index (χ0) is 32.9. The third-order valence-corrected chi connectivity index (χ3v) is 9.91. The Morgan fingerprint density at radius 1 is 0.367 bits per heavy atom. The van der Waals surface area contributed by atoms with Crippen LogP contribution in [-0.2, 0) is 0 Å². The van der Waals surface area contributed by atoms with Gasteiger partial charge in [0.1, 0.15) is 0 Å². The van der Waals surface area contributed by atoms with Crippen LogP contribution in [0.1, 0.15) is 11.1 Å².